The number of aliphatic hydroxyl groups is 1. The third-order valence-corrected chi connectivity index (χ3v) is 3.42. The van der Waals surface area contributed by atoms with Crippen LogP contribution in [0.3, 0.4) is 0 Å². The first-order valence-corrected chi connectivity index (χ1v) is 6.43. The van der Waals surface area contributed by atoms with E-state index in [1.54, 1.807) is 13.0 Å². The Kier molecular flexibility index (Phi) is 3.73. The zero-order valence-electron chi connectivity index (χ0n) is 10.2. The van der Waals surface area contributed by atoms with E-state index in [1.807, 2.05) is 29.9 Å². The number of aliphatic hydroxyl groups excluding tert-OH is 1. The van der Waals surface area contributed by atoms with Crippen LogP contribution in [-0.4, -0.2) is 22.2 Å². The van der Waals surface area contributed by atoms with Gasteiger partial charge in [-0.25, -0.2) is 4.79 Å². The zero-order chi connectivity index (χ0) is 13.3. The number of halogens is 1. The highest BCUT2D eigenvalue weighted by Gasteiger charge is 2.22. The summed E-state index contributed by atoms with van der Waals surface area (Å²) in [6, 6.07) is 5.47. The Morgan fingerprint density at radius 1 is 1.56 bits per heavy atom. The first-order valence-electron chi connectivity index (χ1n) is 5.64. The van der Waals surface area contributed by atoms with Gasteiger partial charge in [0.05, 0.1) is 12.1 Å². The van der Waals surface area contributed by atoms with Crippen molar-refractivity contribution in [3.8, 4) is 0 Å². The summed E-state index contributed by atoms with van der Waals surface area (Å²) in [4.78, 5) is 11.6. The van der Waals surface area contributed by atoms with Crippen molar-refractivity contribution in [2.75, 3.05) is 6.61 Å². The molecular formula is C13H14BrNO3. The molecule has 0 aliphatic rings. The first kappa shape index (κ1) is 13.1. The maximum Gasteiger partial charge on any atom is 0.339 e. The molecule has 0 saturated carbocycles. The average molecular weight is 312 g/mol. The minimum absolute atomic E-state index is 0.253. The van der Waals surface area contributed by atoms with E-state index in [1.165, 1.54) is 0 Å². The van der Waals surface area contributed by atoms with Crippen LogP contribution in [0.1, 0.15) is 18.6 Å². The Labute approximate surface area is 113 Å². The monoisotopic (exact) mass is 311 g/mol. The maximum absolute atomic E-state index is 11.6. The number of aromatic nitrogens is 1. The number of nitrogens with zero attached hydrogens (tertiary/aromatic N) is 1. The van der Waals surface area contributed by atoms with Crippen LogP contribution in [-0.2, 0) is 16.6 Å². The molecule has 0 fully saturated rings. The summed E-state index contributed by atoms with van der Waals surface area (Å²) in [6.45, 7) is 1.97. The van der Waals surface area contributed by atoms with E-state index in [0.717, 1.165) is 15.4 Å². The molecule has 0 spiro atoms. The van der Waals surface area contributed by atoms with Crippen LogP contribution in [0.5, 0.6) is 0 Å². The van der Waals surface area contributed by atoms with Gasteiger partial charge in [0.1, 0.15) is 0 Å². The topological polar surface area (TPSA) is 51.5 Å². The normalized spacial score (nSPS) is 12.7. The van der Waals surface area contributed by atoms with Gasteiger partial charge in [-0.1, -0.05) is 18.2 Å². The minimum atomic E-state index is -1.26. The van der Waals surface area contributed by atoms with Crippen LogP contribution in [0.4, 0.5) is 0 Å². The summed E-state index contributed by atoms with van der Waals surface area (Å²) < 4.78 is 7.64. The Morgan fingerprint density at radius 2 is 2.28 bits per heavy atom. The van der Waals surface area contributed by atoms with Crippen molar-refractivity contribution < 1.29 is 14.6 Å². The fraction of sp³-hybridized carbons (Fsp3) is 0.308. The molecule has 4 nitrogen and oxygen atoms in total. The van der Waals surface area contributed by atoms with E-state index >= 15 is 0 Å². The van der Waals surface area contributed by atoms with Crippen molar-refractivity contribution >= 4 is 32.8 Å². The average Bonchev–Trinajstić information content (AvgIpc) is 2.65. The van der Waals surface area contributed by atoms with Crippen molar-refractivity contribution in [3.63, 3.8) is 0 Å². The molecule has 1 N–H and O–H groups in total. The lowest BCUT2D eigenvalue weighted by molar-refractivity contribution is -0.153. The number of ether oxygens (including phenoxy) is 1. The first-order chi connectivity index (χ1) is 8.56. The number of para-hydroxylation sites is 1. The third-order valence-electron chi connectivity index (χ3n) is 2.79. The molecule has 2 aromatic rings. The molecule has 5 heteroatoms. The molecule has 0 bridgehead atoms. The second-order valence-electron chi connectivity index (χ2n) is 3.99. The molecule has 1 heterocycles. The SMILES string of the molecule is CCOC(=O)C(O)c1cccc2c(Br)cn(C)c12. The number of hydrogen-bond acceptors (Lipinski definition) is 3. The second-order valence-corrected chi connectivity index (χ2v) is 4.84. The summed E-state index contributed by atoms with van der Waals surface area (Å²) in [7, 11) is 1.87. The van der Waals surface area contributed by atoms with Crippen molar-refractivity contribution in [1.29, 1.82) is 0 Å². The highest BCUT2D eigenvalue weighted by atomic mass is 79.9. The van der Waals surface area contributed by atoms with Gasteiger partial charge >= 0.3 is 5.97 Å². The Morgan fingerprint density at radius 3 is 2.94 bits per heavy atom. The molecule has 1 aromatic carbocycles. The van der Waals surface area contributed by atoms with Gasteiger partial charge in [0.2, 0.25) is 0 Å². The minimum Gasteiger partial charge on any atom is -0.464 e. The van der Waals surface area contributed by atoms with Crippen molar-refractivity contribution in [2.24, 2.45) is 7.05 Å². The molecule has 1 unspecified atom stereocenters. The molecule has 2 rings (SSSR count). The number of aryl methyl sites for hydroxylation is 1. The maximum atomic E-state index is 11.6. The zero-order valence-corrected chi connectivity index (χ0v) is 11.8. The van der Waals surface area contributed by atoms with Crippen LogP contribution in [0.25, 0.3) is 10.9 Å². The lowest BCUT2D eigenvalue weighted by atomic mass is 10.1. The molecule has 96 valence electrons. The molecule has 1 aromatic heterocycles. The number of carbonyl (C=O) groups excluding carboxylic acids is 1. The van der Waals surface area contributed by atoms with E-state index in [9.17, 15) is 9.90 Å². The fourth-order valence-electron chi connectivity index (χ4n) is 2.02. The summed E-state index contributed by atoms with van der Waals surface area (Å²) in [5.41, 5.74) is 1.38. The lowest BCUT2D eigenvalue weighted by Crippen LogP contribution is -2.16. The van der Waals surface area contributed by atoms with E-state index < -0.39 is 12.1 Å². The molecule has 0 aliphatic heterocycles. The van der Waals surface area contributed by atoms with Crippen molar-refractivity contribution in [3.05, 3.63) is 34.4 Å². The smallest absolute Gasteiger partial charge is 0.339 e. The highest BCUT2D eigenvalue weighted by Crippen LogP contribution is 2.31. The summed E-state index contributed by atoms with van der Waals surface area (Å²) in [5.74, 6) is -0.623. The Balaban J connectivity index is 2.54. The predicted molar refractivity (Wildman–Crippen MR) is 72.2 cm³/mol. The van der Waals surface area contributed by atoms with Crippen LogP contribution in [0.15, 0.2) is 28.9 Å². The van der Waals surface area contributed by atoms with Gasteiger partial charge in [0.25, 0.3) is 0 Å². The van der Waals surface area contributed by atoms with Gasteiger partial charge < -0.3 is 14.4 Å². The highest BCUT2D eigenvalue weighted by molar-refractivity contribution is 9.10. The van der Waals surface area contributed by atoms with Gasteiger partial charge in [-0.3, -0.25) is 0 Å². The van der Waals surface area contributed by atoms with Gasteiger partial charge in [-0.2, -0.15) is 0 Å². The van der Waals surface area contributed by atoms with Crippen LogP contribution in [0, 0.1) is 0 Å². The number of rotatable bonds is 3. The molecular weight excluding hydrogens is 298 g/mol. The second kappa shape index (κ2) is 5.12. The quantitative estimate of drug-likeness (QED) is 0.886. The van der Waals surface area contributed by atoms with Crippen molar-refractivity contribution in [1.82, 2.24) is 4.57 Å². The number of esters is 1. The largest absolute Gasteiger partial charge is 0.464 e. The molecule has 0 amide bonds. The summed E-state index contributed by atoms with van der Waals surface area (Å²) in [6.07, 6.45) is 0.639. The van der Waals surface area contributed by atoms with Crippen LogP contribution >= 0.6 is 15.9 Å². The summed E-state index contributed by atoms with van der Waals surface area (Å²) >= 11 is 3.45. The molecule has 1 atom stereocenters. The van der Waals surface area contributed by atoms with Gasteiger partial charge in [0.15, 0.2) is 6.10 Å². The van der Waals surface area contributed by atoms with Crippen LogP contribution < -0.4 is 0 Å². The number of hydrogen-bond donors (Lipinski definition) is 1. The molecule has 18 heavy (non-hydrogen) atoms. The van der Waals surface area contributed by atoms with E-state index in [2.05, 4.69) is 15.9 Å². The number of carbonyl (C=O) groups is 1. The molecule has 0 aliphatic carbocycles. The third kappa shape index (κ3) is 2.15. The van der Waals surface area contributed by atoms with Gasteiger partial charge in [-0.05, 0) is 22.9 Å². The summed E-state index contributed by atoms with van der Waals surface area (Å²) in [5, 5.41) is 11.0. The predicted octanol–water partition coefficient (Wildman–Crippen LogP) is 2.54. The van der Waals surface area contributed by atoms with E-state index in [-0.39, 0.29) is 6.61 Å². The van der Waals surface area contributed by atoms with Crippen LogP contribution in [0.2, 0.25) is 0 Å². The van der Waals surface area contributed by atoms with Gasteiger partial charge in [-0.15, -0.1) is 0 Å². The Bertz CT molecular complexity index is 591. The molecule has 0 radical (unpaired) electrons. The Hall–Kier alpha value is -1.33. The number of benzene rings is 1. The standard InChI is InChI=1S/C13H14BrNO3/c1-3-18-13(17)12(16)9-6-4-5-8-10(14)7-15(2)11(8)9/h4-7,12,16H,3H2,1-2H3. The fourth-order valence-corrected chi connectivity index (χ4v) is 2.65. The van der Waals surface area contributed by atoms with Gasteiger partial charge in [0, 0.05) is 28.7 Å². The number of fused-ring (bicyclic) bond motifs is 1. The van der Waals surface area contributed by atoms with E-state index in [0.29, 0.717) is 5.56 Å². The van der Waals surface area contributed by atoms with Crippen molar-refractivity contribution in [2.45, 2.75) is 13.0 Å². The molecule has 0 saturated heterocycles. The van der Waals surface area contributed by atoms with E-state index in [4.69, 9.17) is 4.74 Å². The lowest BCUT2D eigenvalue weighted by Gasteiger charge is -2.12.